The van der Waals surface area contributed by atoms with Crippen LogP contribution in [0.3, 0.4) is 0 Å². The Labute approximate surface area is 187 Å². The number of benzene rings is 2. The van der Waals surface area contributed by atoms with Crippen LogP contribution in [0.25, 0.3) is 0 Å². The van der Waals surface area contributed by atoms with Crippen LogP contribution in [-0.2, 0) is 23.5 Å². The normalized spacial score (nSPS) is 19.7. The topological polar surface area (TPSA) is 22.1 Å². The van der Waals surface area contributed by atoms with Crippen LogP contribution in [0.5, 0.6) is 0 Å². The van der Waals surface area contributed by atoms with E-state index in [2.05, 4.69) is 4.98 Å². The van der Waals surface area contributed by atoms with Gasteiger partial charge in [0.05, 0.1) is 34.9 Å². The maximum atomic E-state index is 13.3. The van der Waals surface area contributed by atoms with Crippen molar-refractivity contribution in [1.29, 1.82) is 0 Å². The van der Waals surface area contributed by atoms with Crippen molar-refractivity contribution >= 4 is 0 Å². The number of rotatable bonds is 4. The highest BCUT2D eigenvalue weighted by Crippen LogP contribution is 2.41. The molecule has 0 spiro atoms. The Bertz CT molecular complexity index is 1080. The van der Waals surface area contributed by atoms with E-state index in [-0.39, 0.29) is 17.5 Å². The monoisotopic (exact) mass is 465 g/mol. The molecule has 1 heterocycles. The van der Waals surface area contributed by atoms with Crippen LogP contribution < -0.4 is 0 Å². The minimum atomic E-state index is -4.91. The lowest BCUT2D eigenvalue weighted by molar-refractivity contribution is -0.143. The van der Waals surface area contributed by atoms with Gasteiger partial charge in [0.25, 0.3) is 0 Å². The van der Waals surface area contributed by atoms with E-state index in [1.165, 1.54) is 6.92 Å². The minimum absolute atomic E-state index is 0.129. The first-order valence-electron chi connectivity index (χ1n) is 10.5. The van der Waals surface area contributed by atoms with Gasteiger partial charge in [-0.25, -0.2) is 0 Å². The number of aryl methyl sites for hydroxylation is 1. The molecular weight excluding hydrogens is 444 g/mol. The summed E-state index contributed by atoms with van der Waals surface area (Å²) >= 11 is 0. The fraction of sp³-hybridized carbons (Fsp3) is 0.320. The van der Waals surface area contributed by atoms with E-state index in [0.29, 0.717) is 12.8 Å². The Morgan fingerprint density at radius 1 is 0.879 bits per heavy atom. The zero-order valence-corrected chi connectivity index (χ0v) is 17.6. The number of hydrogen-bond donors (Lipinski definition) is 0. The van der Waals surface area contributed by atoms with Crippen LogP contribution in [0.15, 0.2) is 66.9 Å². The van der Waals surface area contributed by atoms with Crippen molar-refractivity contribution in [2.24, 2.45) is 0 Å². The second kappa shape index (κ2) is 8.82. The van der Waals surface area contributed by atoms with Crippen molar-refractivity contribution in [1.82, 2.24) is 4.98 Å². The molecule has 2 nitrogen and oxygen atoms in total. The van der Waals surface area contributed by atoms with Gasteiger partial charge in [-0.3, -0.25) is 4.98 Å². The van der Waals surface area contributed by atoms with E-state index < -0.39 is 35.7 Å². The van der Waals surface area contributed by atoms with Gasteiger partial charge in [-0.2, -0.15) is 26.3 Å². The van der Waals surface area contributed by atoms with Crippen LogP contribution in [0.4, 0.5) is 26.3 Å². The first kappa shape index (κ1) is 23.3. The summed E-state index contributed by atoms with van der Waals surface area (Å²) in [7, 11) is 0. The fourth-order valence-corrected chi connectivity index (χ4v) is 4.32. The zero-order chi connectivity index (χ0) is 23.8. The van der Waals surface area contributed by atoms with Crippen LogP contribution >= 0.6 is 0 Å². The summed E-state index contributed by atoms with van der Waals surface area (Å²) < 4.78 is 85.9. The summed E-state index contributed by atoms with van der Waals surface area (Å²) in [6.45, 7) is 1.48. The van der Waals surface area contributed by atoms with Crippen molar-refractivity contribution in [3.05, 3.63) is 100 Å². The van der Waals surface area contributed by atoms with Crippen molar-refractivity contribution in [2.45, 2.75) is 50.2 Å². The second-order valence-corrected chi connectivity index (χ2v) is 8.13. The average molecular weight is 465 g/mol. The summed E-state index contributed by atoms with van der Waals surface area (Å²) in [4.78, 5) is 4.52. The van der Waals surface area contributed by atoms with Crippen LogP contribution in [0.1, 0.15) is 58.9 Å². The molecule has 3 unspecified atom stereocenters. The van der Waals surface area contributed by atoms with Gasteiger partial charge in [-0.1, -0.05) is 36.4 Å². The molecule has 0 saturated carbocycles. The summed E-state index contributed by atoms with van der Waals surface area (Å²) in [6.07, 6.45) is -8.38. The minimum Gasteiger partial charge on any atom is -0.370 e. The molecule has 0 N–H and O–H groups in total. The molecular formula is C25H21F6NO. The number of fused-ring (bicyclic) bond motifs is 1. The molecule has 0 bridgehead atoms. The highest BCUT2D eigenvalue weighted by atomic mass is 19.4. The van der Waals surface area contributed by atoms with Gasteiger partial charge >= 0.3 is 12.4 Å². The van der Waals surface area contributed by atoms with E-state index in [4.69, 9.17) is 4.74 Å². The van der Waals surface area contributed by atoms with Crippen molar-refractivity contribution in [3.63, 3.8) is 0 Å². The predicted octanol–water partition coefficient (Wildman–Crippen LogP) is 7.34. The summed E-state index contributed by atoms with van der Waals surface area (Å²) in [6, 6.07) is 14.8. The lowest BCUT2D eigenvalue weighted by Crippen LogP contribution is -2.31. The van der Waals surface area contributed by atoms with Gasteiger partial charge in [0.1, 0.15) is 0 Å². The van der Waals surface area contributed by atoms with Gasteiger partial charge in [-0.15, -0.1) is 0 Å². The Hall–Kier alpha value is -2.87. The van der Waals surface area contributed by atoms with Gasteiger partial charge in [0.2, 0.25) is 0 Å². The van der Waals surface area contributed by atoms with E-state index in [1.807, 2.05) is 42.5 Å². The first-order chi connectivity index (χ1) is 15.5. The molecule has 0 fully saturated rings. The number of pyridine rings is 1. The predicted molar refractivity (Wildman–Crippen MR) is 111 cm³/mol. The molecule has 0 amide bonds. The smallest absolute Gasteiger partial charge is 0.370 e. The van der Waals surface area contributed by atoms with Gasteiger partial charge in [0.15, 0.2) is 0 Å². The highest BCUT2D eigenvalue weighted by Gasteiger charge is 2.38. The lowest BCUT2D eigenvalue weighted by atomic mass is 9.79. The Morgan fingerprint density at radius 2 is 1.52 bits per heavy atom. The van der Waals surface area contributed by atoms with E-state index in [0.717, 1.165) is 29.0 Å². The fourth-order valence-electron chi connectivity index (χ4n) is 4.32. The zero-order valence-electron chi connectivity index (χ0n) is 17.6. The van der Waals surface area contributed by atoms with Crippen molar-refractivity contribution in [2.75, 3.05) is 0 Å². The third-order valence-corrected chi connectivity index (χ3v) is 5.91. The summed E-state index contributed by atoms with van der Waals surface area (Å²) in [5.41, 5.74) is -0.0781. The quantitative estimate of drug-likeness (QED) is 0.376. The second-order valence-electron chi connectivity index (χ2n) is 8.13. The third kappa shape index (κ3) is 5.05. The lowest BCUT2D eigenvalue weighted by Gasteiger charge is -2.35. The van der Waals surface area contributed by atoms with Crippen molar-refractivity contribution < 1.29 is 31.1 Å². The van der Waals surface area contributed by atoms with E-state index >= 15 is 0 Å². The molecule has 174 valence electrons. The molecule has 1 aliphatic rings. The maximum Gasteiger partial charge on any atom is 0.416 e. The van der Waals surface area contributed by atoms with Crippen LogP contribution in [0, 0.1) is 0 Å². The molecule has 8 heteroatoms. The molecule has 2 aromatic carbocycles. The molecule has 4 rings (SSSR count). The number of halogens is 6. The number of hydrogen-bond acceptors (Lipinski definition) is 2. The number of nitrogens with zero attached hydrogens (tertiary/aromatic N) is 1. The van der Waals surface area contributed by atoms with Gasteiger partial charge in [-0.05, 0) is 60.7 Å². The SMILES string of the molecule is CC(OC1CCc2cccnc2C1c1ccccc1)c1cc(C(F)(F)F)cc(C(F)(F)F)c1. The molecule has 0 saturated heterocycles. The molecule has 0 radical (unpaired) electrons. The number of ether oxygens (including phenoxy) is 1. The standard InChI is InChI=1S/C25H21F6NO/c1-15(18-12-19(24(26,27)28)14-20(13-18)25(29,30)31)33-21-10-9-17-8-5-11-32-23(17)22(21)16-6-3-2-4-7-16/h2-8,11-15,21-22H,9-10H2,1H3. The largest absolute Gasteiger partial charge is 0.416 e. The number of alkyl halides is 6. The van der Waals surface area contributed by atoms with Crippen LogP contribution in [0.2, 0.25) is 0 Å². The Morgan fingerprint density at radius 3 is 2.12 bits per heavy atom. The molecule has 1 aromatic heterocycles. The molecule has 33 heavy (non-hydrogen) atoms. The van der Waals surface area contributed by atoms with E-state index in [1.54, 1.807) is 6.20 Å². The van der Waals surface area contributed by atoms with Gasteiger partial charge < -0.3 is 4.74 Å². The van der Waals surface area contributed by atoms with Gasteiger partial charge in [0, 0.05) is 6.20 Å². The number of aromatic nitrogens is 1. The Balaban J connectivity index is 1.70. The van der Waals surface area contributed by atoms with Crippen molar-refractivity contribution in [3.8, 4) is 0 Å². The summed E-state index contributed by atoms with van der Waals surface area (Å²) in [5.74, 6) is -0.286. The summed E-state index contributed by atoms with van der Waals surface area (Å²) in [5, 5.41) is 0. The molecule has 3 atom stereocenters. The molecule has 0 aliphatic heterocycles. The third-order valence-electron chi connectivity index (χ3n) is 5.91. The highest BCUT2D eigenvalue weighted by molar-refractivity contribution is 5.38. The molecule has 3 aromatic rings. The Kier molecular flexibility index (Phi) is 6.22. The molecule has 1 aliphatic carbocycles. The van der Waals surface area contributed by atoms with Crippen LogP contribution in [-0.4, -0.2) is 11.1 Å². The average Bonchev–Trinajstić information content (AvgIpc) is 2.78. The first-order valence-corrected chi connectivity index (χ1v) is 10.5. The van der Waals surface area contributed by atoms with E-state index in [9.17, 15) is 26.3 Å². The maximum absolute atomic E-state index is 13.3.